The van der Waals surface area contributed by atoms with Crippen LogP contribution in [0.5, 0.6) is 0 Å². The van der Waals surface area contributed by atoms with E-state index >= 15 is 0 Å². The summed E-state index contributed by atoms with van der Waals surface area (Å²) in [7, 11) is 0. The van der Waals surface area contributed by atoms with Crippen molar-refractivity contribution in [1.82, 2.24) is 5.32 Å². The van der Waals surface area contributed by atoms with E-state index < -0.39 is 0 Å². The standard InChI is InChI=1S/C12H24N2O/c1-2-3-4-7-11(15)14-12(10-13)8-5-6-9-12/h2-10,13H2,1H3,(H,14,15). The van der Waals surface area contributed by atoms with Gasteiger partial charge >= 0.3 is 0 Å². The number of rotatable bonds is 6. The highest BCUT2D eigenvalue weighted by Crippen LogP contribution is 2.28. The van der Waals surface area contributed by atoms with Crippen LogP contribution in [0.3, 0.4) is 0 Å². The number of unbranched alkanes of at least 4 members (excludes halogenated alkanes) is 2. The lowest BCUT2D eigenvalue weighted by Crippen LogP contribution is -2.51. The Hall–Kier alpha value is -0.570. The van der Waals surface area contributed by atoms with Gasteiger partial charge in [-0.05, 0) is 19.3 Å². The first-order chi connectivity index (χ1) is 7.22. The molecule has 1 amide bonds. The fraction of sp³-hybridized carbons (Fsp3) is 0.917. The molecule has 0 heterocycles. The monoisotopic (exact) mass is 212 g/mol. The van der Waals surface area contributed by atoms with Crippen molar-refractivity contribution < 1.29 is 4.79 Å². The first-order valence-corrected chi connectivity index (χ1v) is 6.23. The van der Waals surface area contributed by atoms with Gasteiger partial charge in [0.25, 0.3) is 0 Å². The van der Waals surface area contributed by atoms with Crippen molar-refractivity contribution in [3.05, 3.63) is 0 Å². The minimum atomic E-state index is -0.0662. The van der Waals surface area contributed by atoms with E-state index in [0.29, 0.717) is 13.0 Å². The van der Waals surface area contributed by atoms with Crippen LogP contribution in [0.25, 0.3) is 0 Å². The number of carbonyl (C=O) groups is 1. The lowest BCUT2D eigenvalue weighted by molar-refractivity contribution is -0.123. The molecule has 3 nitrogen and oxygen atoms in total. The van der Waals surface area contributed by atoms with Crippen LogP contribution in [-0.2, 0) is 4.79 Å². The highest BCUT2D eigenvalue weighted by molar-refractivity contribution is 5.76. The molecule has 0 unspecified atom stereocenters. The van der Waals surface area contributed by atoms with Gasteiger partial charge in [0.2, 0.25) is 5.91 Å². The summed E-state index contributed by atoms with van der Waals surface area (Å²) >= 11 is 0. The summed E-state index contributed by atoms with van der Waals surface area (Å²) < 4.78 is 0. The van der Waals surface area contributed by atoms with Crippen molar-refractivity contribution in [2.24, 2.45) is 5.73 Å². The molecule has 3 heteroatoms. The van der Waals surface area contributed by atoms with Gasteiger partial charge in [-0.2, -0.15) is 0 Å². The fourth-order valence-electron chi connectivity index (χ4n) is 2.33. The maximum Gasteiger partial charge on any atom is 0.220 e. The Labute approximate surface area is 92.8 Å². The van der Waals surface area contributed by atoms with Gasteiger partial charge in [0.1, 0.15) is 0 Å². The lowest BCUT2D eigenvalue weighted by Gasteiger charge is -2.28. The smallest absolute Gasteiger partial charge is 0.220 e. The minimum absolute atomic E-state index is 0.0662. The molecule has 0 aromatic heterocycles. The number of nitrogens with one attached hydrogen (secondary N) is 1. The SMILES string of the molecule is CCCCCC(=O)NC1(CN)CCCC1. The molecule has 1 saturated carbocycles. The van der Waals surface area contributed by atoms with E-state index in [-0.39, 0.29) is 11.4 Å². The zero-order valence-corrected chi connectivity index (χ0v) is 9.85. The molecule has 0 saturated heterocycles. The highest BCUT2D eigenvalue weighted by Gasteiger charge is 2.33. The summed E-state index contributed by atoms with van der Waals surface area (Å²) in [4.78, 5) is 11.7. The Kier molecular flexibility index (Phi) is 5.09. The first-order valence-electron chi connectivity index (χ1n) is 6.23. The van der Waals surface area contributed by atoms with Crippen LogP contribution in [0, 0.1) is 0 Å². The number of amides is 1. The average Bonchev–Trinajstić information content (AvgIpc) is 2.67. The van der Waals surface area contributed by atoms with Gasteiger partial charge in [-0.15, -0.1) is 0 Å². The summed E-state index contributed by atoms with van der Waals surface area (Å²) in [5.41, 5.74) is 5.69. The van der Waals surface area contributed by atoms with E-state index in [1.54, 1.807) is 0 Å². The van der Waals surface area contributed by atoms with Crippen molar-refractivity contribution >= 4 is 5.91 Å². The summed E-state index contributed by atoms with van der Waals surface area (Å²) in [6.07, 6.45) is 8.49. The second-order valence-corrected chi connectivity index (χ2v) is 4.70. The number of hydrogen-bond donors (Lipinski definition) is 2. The number of carbonyl (C=O) groups excluding carboxylic acids is 1. The molecule has 0 aliphatic heterocycles. The average molecular weight is 212 g/mol. The van der Waals surface area contributed by atoms with Gasteiger partial charge in [-0.25, -0.2) is 0 Å². The molecule has 1 rings (SSSR count). The first kappa shape index (κ1) is 12.5. The molecule has 0 aromatic carbocycles. The summed E-state index contributed by atoms with van der Waals surface area (Å²) in [5, 5.41) is 3.14. The minimum Gasteiger partial charge on any atom is -0.349 e. The fourth-order valence-corrected chi connectivity index (χ4v) is 2.33. The Morgan fingerprint density at radius 3 is 2.53 bits per heavy atom. The third-order valence-electron chi connectivity index (χ3n) is 3.36. The van der Waals surface area contributed by atoms with Gasteiger partial charge in [-0.1, -0.05) is 32.6 Å². The largest absolute Gasteiger partial charge is 0.349 e. The van der Waals surface area contributed by atoms with Gasteiger partial charge in [-0.3, -0.25) is 4.79 Å². The van der Waals surface area contributed by atoms with Crippen LogP contribution in [0.2, 0.25) is 0 Å². The van der Waals surface area contributed by atoms with Crippen LogP contribution >= 0.6 is 0 Å². The molecule has 15 heavy (non-hydrogen) atoms. The van der Waals surface area contributed by atoms with E-state index in [1.165, 1.54) is 12.8 Å². The maximum absolute atomic E-state index is 11.7. The van der Waals surface area contributed by atoms with Crippen molar-refractivity contribution in [1.29, 1.82) is 0 Å². The molecule has 0 spiro atoms. The Balaban J connectivity index is 2.28. The van der Waals surface area contributed by atoms with E-state index in [9.17, 15) is 4.79 Å². The quantitative estimate of drug-likeness (QED) is 0.661. The van der Waals surface area contributed by atoms with Gasteiger partial charge < -0.3 is 11.1 Å². The zero-order chi connectivity index (χ0) is 11.1. The molecule has 3 N–H and O–H groups in total. The number of hydrogen-bond acceptors (Lipinski definition) is 2. The van der Waals surface area contributed by atoms with Gasteiger partial charge in [0.05, 0.1) is 5.54 Å². The predicted molar refractivity (Wildman–Crippen MR) is 62.5 cm³/mol. The number of nitrogens with two attached hydrogens (primary N) is 1. The van der Waals surface area contributed by atoms with Crippen LogP contribution < -0.4 is 11.1 Å². The molecule has 1 fully saturated rings. The highest BCUT2D eigenvalue weighted by atomic mass is 16.1. The van der Waals surface area contributed by atoms with Gasteiger partial charge in [0.15, 0.2) is 0 Å². The zero-order valence-electron chi connectivity index (χ0n) is 9.85. The normalized spacial score (nSPS) is 19.1. The molecule has 1 aliphatic carbocycles. The Morgan fingerprint density at radius 1 is 1.33 bits per heavy atom. The van der Waals surface area contributed by atoms with Crippen molar-refractivity contribution in [3.63, 3.8) is 0 Å². The molecule has 1 aliphatic rings. The summed E-state index contributed by atoms with van der Waals surface area (Å²) in [6, 6.07) is 0. The molecular weight excluding hydrogens is 188 g/mol. The molecule has 0 bridgehead atoms. The predicted octanol–water partition coefficient (Wildman–Crippen LogP) is 1.95. The maximum atomic E-state index is 11.7. The Bertz CT molecular complexity index is 198. The molecule has 0 aromatic rings. The van der Waals surface area contributed by atoms with Gasteiger partial charge in [0, 0.05) is 13.0 Å². The van der Waals surface area contributed by atoms with Crippen molar-refractivity contribution in [3.8, 4) is 0 Å². The molecule has 0 atom stereocenters. The molecular formula is C12H24N2O. The van der Waals surface area contributed by atoms with Crippen LogP contribution in [-0.4, -0.2) is 18.0 Å². The van der Waals surface area contributed by atoms with E-state index in [1.807, 2.05) is 0 Å². The van der Waals surface area contributed by atoms with Crippen molar-refractivity contribution in [2.45, 2.75) is 63.8 Å². The molecule has 0 radical (unpaired) electrons. The third-order valence-corrected chi connectivity index (χ3v) is 3.36. The topological polar surface area (TPSA) is 55.1 Å². The van der Waals surface area contributed by atoms with Crippen LogP contribution in [0.15, 0.2) is 0 Å². The van der Waals surface area contributed by atoms with E-state index in [0.717, 1.165) is 32.1 Å². The van der Waals surface area contributed by atoms with E-state index in [2.05, 4.69) is 12.2 Å². The second kappa shape index (κ2) is 6.11. The molecule has 88 valence electrons. The van der Waals surface area contributed by atoms with Crippen LogP contribution in [0.1, 0.15) is 58.3 Å². The second-order valence-electron chi connectivity index (χ2n) is 4.70. The lowest BCUT2D eigenvalue weighted by atomic mass is 9.97. The van der Waals surface area contributed by atoms with Crippen LogP contribution in [0.4, 0.5) is 0 Å². The summed E-state index contributed by atoms with van der Waals surface area (Å²) in [6.45, 7) is 2.74. The third kappa shape index (κ3) is 3.82. The van der Waals surface area contributed by atoms with E-state index in [4.69, 9.17) is 5.73 Å². The Morgan fingerprint density at radius 2 is 2.00 bits per heavy atom. The summed E-state index contributed by atoms with van der Waals surface area (Å²) in [5.74, 6) is 0.191. The van der Waals surface area contributed by atoms with Crippen molar-refractivity contribution in [2.75, 3.05) is 6.54 Å².